The monoisotopic (exact) mass is 241 g/mol. The SMILES string of the molecule is CC1(C)C(O)CC1Nc1ccc2ccccc2c1. The summed E-state index contributed by atoms with van der Waals surface area (Å²) in [4.78, 5) is 0. The molecule has 0 heterocycles. The lowest BCUT2D eigenvalue weighted by Crippen LogP contribution is -2.56. The summed E-state index contributed by atoms with van der Waals surface area (Å²) in [6.45, 7) is 4.22. The lowest BCUT2D eigenvalue weighted by molar-refractivity contribution is -0.0510. The second-order valence-corrected chi connectivity index (χ2v) is 5.83. The molecule has 1 aliphatic carbocycles. The number of aliphatic hydroxyl groups is 1. The van der Waals surface area contributed by atoms with Crippen LogP contribution < -0.4 is 5.32 Å². The van der Waals surface area contributed by atoms with Crippen LogP contribution in [0.1, 0.15) is 20.3 Å². The number of hydrogen-bond donors (Lipinski definition) is 2. The predicted molar refractivity (Wildman–Crippen MR) is 75.8 cm³/mol. The molecular weight excluding hydrogens is 222 g/mol. The largest absolute Gasteiger partial charge is 0.392 e. The molecule has 0 spiro atoms. The molecule has 0 saturated heterocycles. The van der Waals surface area contributed by atoms with Crippen LogP contribution in [0.2, 0.25) is 0 Å². The Morgan fingerprint density at radius 2 is 1.83 bits per heavy atom. The lowest BCUT2D eigenvalue weighted by atomic mass is 9.64. The van der Waals surface area contributed by atoms with Crippen LogP contribution in [0.4, 0.5) is 5.69 Å². The number of aliphatic hydroxyl groups excluding tert-OH is 1. The van der Waals surface area contributed by atoms with E-state index in [-0.39, 0.29) is 11.5 Å². The summed E-state index contributed by atoms with van der Waals surface area (Å²) in [6.07, 6.45) is 0.648. The molecule has 18 heavy (non-hydrogen) atoms. The van der Waals surface area contributed by atoms with Crippen molar-refractivity contribution < 1.29 is 5.11 Å². The Bertz CT molecular complexity index is 576. The Labute approximate surface area is 108 Å². The maximum absolute atomic E-state index is 9.76. The number of rotatable bonds is 2. The molecule has 0 bridgehead atoms. The van der Waals surface area contributed by atoms with Crippen molar-refractivity contribution in [1.82, 2.24) is 0 Å². The minimum Gasteiger partial charge on any atom is -0.392 e. The number of fused-ring (bicyclic) bond motifs is 1. The van der Waals surface area contributed by atoms with Crippen molar-refractivity contribution in [2.75, 3.05) is 5.32 Å². The second kappa shape index (κ2) is 3.99. The van der Waals surface area contributed by atoms with Gasteiger partial charge >= 0.3 is 0 Å². The van der Waals surface area contributed by atoms with Gasteiger partial charge in [0.25, 0.3) is 0 Å². The van der Waals surface area contributed by atoms with E-state index in [1.807, 2.05) is 0 Å². The summed E-state index contributed by atoms with van der Waals surface area (Å²) >= 11 is 0. The zero-order valence-corrected chi connectivity index (χ0v) is 10.9. The first-order chi connectivity index (χ1) is 8.57. The van der Waals surface area contributed by atoms with Crippen molar-refractivity contribution in [1.29, 1.82) is 0 Å². The van der Waals surface area contributed by atoms with Gasteiger partial charge in [0.1, 0.15) is 0 Å². The van der Waals surface area contributed by atoms with E-state index < -0.39 is 0 Å². The summed E-state index contributed by atoms with van der Waals surface area (Å²) in [5.41, 5.74) is 1.10. The minimum atomic E-state index is -0.185. The molecule has 0 amide bonds. The lowest BCUT2D eigenvalue weighted by Gasteiger charge is -2.49. The molecule has 1 aliphatic rings. The third-order valence-electron chi connectivity index (χ3n) is 4.31. The van der Waals surface area contributed by atoms with E-state index >= 15 is 0 Å². The van der Waals surface area contributed by atoms with E-state index in [1.54, 1.807) is 0 Å². The van der Waals surface area contributed by atoms with E-state index in [9.17, 15) is 5.11 Å². The highest BCUT2D eigenvalue weighted by Gasteiger charge is 2.47. The van der Waals surface area contributed by atoms with Gasteiger partial charge in [0.05, 0.1) is 6.10 Å². The highest BCUT2D eigenvalue weighted by Crippen LogP contribution is 2.42. The van der Waals surface area contributed by atoms with Gasteiger partial charge in [-0.2, -0.15) is 0 Å². The third kappa shape index (κ3) is 1.77. The van der Waals surface area contributed by atoms with E-state index in [1.165, 1.54) is 10.8 Å². The van der Waals surface area contributed by atoms with Crippen molar-refractivity contribution in [3.05, 3.63) is 42.5 Å². The Balaban J connectivity index is 1.83. The smallest absolute Gasteiger partial charge is 0.0630 e. The Hall–Kier alpha value is -1.54. The van der Waals surface area contributed by atoms with Crippen molar-refractivity contribution in [3.63, 3.8) is 0 Å². The first kappa shape index (κ1) is 11.5. The first-order valence-corrected chi connectivity index (χ1v) is 6.51. The van der Waals surface area contributed by atoms with E-state index in [0.717, 1.165) is 12.1 Å². The van der Waals surface area contributed by atoms with Crippen LogP contribution in [0.25, 0.3) is 10.8 Å². The molecule has 2 unspecified atom stereocenters. The molecule has 94 valence electrons. The van der Waals surface area contributed by atoms with Crippen LogP contribution >= 0.6 is 0 Å². The molecule has 2 aromatic carbocycles. The topological polar surface area (TPSA) is 32.3 Å². The van der Waals surface area contributed by atoms with Crippen molar-refractivity contribution in [3.8, 4) is 0 Å². The summed E-state index contributed by atoms with van der Waals surface area (Å²) in [7, 11) is 0. The molecule has 2 atom stereocenters. The Morgan fingerprint density at radius 1 is 1.11 bits per heavy atom. The molecule has 2 aromatic rings. The second-order valence-electron chi connectivity index (χ2n) is 5.83. The van der Waals surface area contributed by atoms with Gasteiger partial charge in [-0.15, -0.1) is 0 Å². The highest BCUT2D eigenvalue weighted by molar-refractivity contribution is 5.85. The van der Waals surface area contributed by atoms with Gasteiger partial charge in [0.15, 0.2) is 0 Å². The number of benzene rings is 2. The van der Waals surface area contributed by atoms with Crippen LogP contribution in [-0.4, -0.2) is 17.3 Å². The number of hydrogen-bond acceptors (Lipinski definition) is 2. The predicted octanol–water partition coefficient (Wildman–Crippen LogP) is 3.41. The van der Waals surface area contributed by atoms with E-state index in [4.69, 9.17) is 0 Å². The van der Waals surface area contributed by atoms with Gasteiger partial charge in [-0.1, -0.05) is 44.2 Å². The van der Waals surface area contributed by atoms with Crippen LogP contribution in [0, 0.1) is 5.41 Å². The van der Waals surface area contributed by atoms with Crippen LogP contribution in [0.15, 0.2) is 42.5 Å². The van der Waals surface area contributed by atoms with Gasteiger partial charge in [-0.3, -0.25) is 0 Å². The average Bonchev–Trinajstić information content (AvgIpc) is 2.38. The van der Waals surface area contributed by atoms with E-state index in [2.05, 4.69) is 61.6 Å². The normalized spacial score (nSPS) is 25.7. The minimum absolute atomic E-state index is 0.0361. The number of nitrogens with one attached hydrogen (secondary N) is 1. The fourth-order valence-corrected chi connectivity index (χ4v) is 2.63. The molecule has 1 saturated carbocycles. The molecule has 0 aromatic heterocycles. The summed E-state index contributed by atoms with van der Waals surface area (Å²) in [6, 6.07) is 15.1. The van der Waals surface area contributed by atoms with Gasteiger partial charge in [-0.05, 0) is 29.3 Å². The molecule has 3 rings (SSSR count). The maximum Gasteiger partial charge on any atom is 0.0630 e. The van der Waals surface area contributed by atoms with Gasteiger partial charge in [0, 0.05) is 17.1 Å². The zero-order chi connectivity index (χ0) is 12.8. The molecule has 2 N–H and O–H groups in total. The molecule has 0 aliphatic heterocycles. The van der Waals surface area contributed by atoms with Crippen LogP contribution in [0.5, 0.6) is 0 Å². The van der Waals surface area contributed by atoms with Crippen molar-refractivity contribution >= 4 is 16.5 Å². The summed E-state index contributed by atoms with van der Waals surface area (Å²) in [5.74, 6) is 0. The first-order valence-electron chi connectivity index (χ1n) is 6.51. The highest BCUT2D eigenvalue weighted by atomic mass is 16.3. The van der Waals surface area contributed by atoms with Crippen LogP contribution in [-0.2, 0) is 0 Å². The molecule has 2 heteroatoms. The van der Waals surface area contributed by atoms with Crippen molar-refractivity contribution in [2.45, 2.75) is 32.4 Å². The molecule has 1 fully saturated rings. The Morgan fingerprint density at radius 3 is 2.50 bits per heavy atom. The molecular formula is C16H19NO. The van der Waals surface area contributed by atoms with Crippen molar-refractivity contribution in [2.24, 2.45) is 5.41 Å². The summed E-state index contributed by atoms with van der Waals surface area (Å²) < 4.78 is 0. The standard InChI is InChI=1S/C16H19NO/c1-16(2)14(10-15(16)18)17-13-8-7-11-5-3-4-6-12(11)9-13/h3-9,14-15,17-18H,10H2,1-2H3. The summed E-state index contributed by atoms with van der Waals surface area (Å²) in [5, 5.41) is 15.8. The Kier molecular flexibility index (Phi) is 2.56. The van der Waals surface area contributed by atoms with Gasteiger partial charge in [0.2, 0.25) is 0 Å². The average molecular weight is 241 g/mol. The van der Waals surface area contributed by atoms with Gasteiger partial charge in [-0.25, -0.2) is 0 Å². The van der Waals surface area contributed by atoms with E-state index in [0.29, 0.717) is 6.04 Å². The molecule has 0 radical (unpaired) electrons. The zero-order valence-electron chi connectivity index (χ0n) is 10.9. The number of anilines is 1. The fourth-order valence-electron chi connectivity index (χ4n) is 2.63. The third-order valence-corrected chi connectivity index (χ3v) is 4.31. The van der Waals surface area contributed by atoms with Gasteiger partial charge < -0.3 is 10.4 Å². The quantitative estimate of drug-likeness (QED) is 0.844. The maximum atomic E-state index is 9.76. The molecule has 2 nitrogen and oxygen atoms in total. The van der Waals surface area contributed by atoms with Crippen LogP contribution in [0.3, 0.4) is 0 Å². The fraction of sp³-hybridized carbons (Fsp3) is 0.375.